The highest BCUT2D eigenvalue weighted by Crippen LogP contribution is 2.22. The largest absolute Gasteiger partial charge is 0.463 e. The Balaban J connectivity index is 1.57. The van der Waals surface area contributed by atoms with Gasteiger partial charge in [0.15, 0.2) is 0 Å². The van der Waals surface area contributed by atoms with E-state index in [0.29, 0.717) is 5.76 Å². The number of methoxy groups -OCH3 is 1. The molecule has 0 saturated carbocycles. The number of aromatic nitrogens is 1. The van der Waals surface area contributed by atoms with Crippen LogP contribution >= 0.6 is 11.3 Å². The fourth-order valence-corrected chi connectivity index (χ4v) is 2.83. The fourth-order valence-electron chi connectivity index (χ4n) is 1.96. The van der Waals surface area contributed by atoms with Crippen LogP contribution in [0, 0.1) is 0 Å². The van der Waals surface area contributed by atoms with Gasteiger partial charge in [-0.1, -0.05) is 12.1 Å². The normalized spacial score (nSPS) is 11.0. The minimum atomic E-state index is -0.580. The molecule has 0 atom stereocenters. The van der Waals surface area contributed by atoms with Crippen molar-refractivity contribution in [2.24, 2.45) is 0 Å². The van der Waals surface area contributed by atoms with E-state index in [1.165, 1.54) is 30.6 Å². The summed E-state index contributed by atoms with van der Waals surface area (Å²) in [7, 11) is 1.26. The van der Waals surface area contributed by atoms with Gasteiger partial charge in [-0.3, -0.25) is 0 Å². The molecular formula is C17H13NO5S. The molecule has 2 heterocycles. The summed E-state index contributed by atoms with van der Waals surface area (Å²) in [6.07, 6.45) is 2.91. The van der Waals surface area contributed by atoms with E-state index in [2.05, 4.69) is 9.72 Å². The zero-order chi connectivity index (χ0) is 16.9. The SMILES string of the molecule is COC(=O)c1ccc(COC(=O)C=Cc2nc3ccccc3s2)o1. The Hall–Kier alpha value is -2.93. The van der Waals surface area contributed by atoms with Crippen LogP contribution < -0.4 is 0 Å². The van der Waals surface area contributed by atoms with Crippen molar-refractivity contribution < 1.29 is 23.5 Å². The van der Waals surface area contributed by atoms with Crippen molar-refractivity contribution in [3.63, 3.8) is 0 Å². The summed E-state index contributed by atoms with van der Waals surface area (Å²) in [5.41, 5.74) is 0.890. The number of thiazole rings is 1. The predicted molar refractivity (Wildman–Crippen MR) is 88.5 cm³/mol. The van der Waals surface area contributed by atoms with Crippen molar-refractivity contribution in [1.82, 2.24) is 4.98 Å². The summed E-state index contributed by atoms with van der Waals surface area (Å²) < 4.78 is 15.8. The number of fused-ring (bicyclic) bond motifs is 1. The van der Waals surface area contributed by atoms with Crippen molar-refractivity contribution in [2.45, 2.75) is 6.61 Å². The van der Waals surface area contributed by atoms with Gasteiger partial charge in [-0.15, -0.1) is 11.3 Å². The van der Waals surface area contributed by atoms with E-state index >= 15 is 0 Å². The van der Waals surface area contributed by atoms with Crippen LogP contribution in [0.1, 0.15) is 21.3 Å². The molecule has 0 radical (unpaired) electrons. The first-order valence-electron chi connectivity index (χ1n) is 7.03. The van der Waals surface area contributed by atoms with Gasteiger partial charge in [0.1, 0.15) is 17.4 Å². The molecule has 2 aromatic heterocycles. The van der Waals surface area contributed by atoms with Crippen molar-refractivity contribution in [3.8, 4) is 0 Å². The second-order valence-electron chi connectivity index (χ2n) is 4.72. The lowest BCUT2D eigenvalue weighted by molar-refractivity contribution is -0.139. The maximum atomic E-state index is 11.7. The molecule has 3 rings (SSSR count). The number of nitrogens with zero attached hydrogens (tertiary/aromatic N) is 1. The molecule has 1 aromatic carbocycles. The van der Waals surface area contributed by atoms with Crippen LogP contribution in [0.15, 0.2) is 46.9 Å². The van der Waals surface area contributed by atoms with Gasteiger partial charge in [0, 0.05) is 6.08 Å². The predicted octanol–water partition coefficient (Wildman–Crippen LogP) is 3.43. The molecule has 0 aliphatic heterocycles. The van der Waals surface area contributed by atoms with E-state index in [9.17, 15) is 9.59 Å². The molecule has 7 heteroatoms. The van der Waals surface area contributed by atoms with Gasteiger partial charge in [-0.25, -0.2) is 14.6 Å². The Kier molecular flexibility index (Phi) is 4.72. The van der Waals surface area contributed by atoms with Gasteiger partial charge < -0.3 is 13.9 Å². The number of esters is 2. The molecule has 3 aromatic rings. The maximum Gasteiger partial charge on any atom is 0.373 e. The number of hydrogen-bond acceptors (Lipinski definition) is 7. The number of carbonyl (C=O) groups excluding carboxylic acids is 2. The van der Waals surface area contributed by atoms with Gasteiger partial charge in [-0.05, 0) is 30.3 Å². The van der Waals surface area contributed by atoms with Crippen LogP contribution in [-0.4, -0.2) is 24.0 Å². The lowest BCUT2D eigenvalue weighted by Gasteiger charge is -1.98. The monoisotopic (exact) mass is 343 g/mol. The Bertz CT molecular complexity index is 875. The molecule has 0 aliphatic rings. The lowest BCUT2D eigenvalue weighted by Crippen LogP contribution is -2.00. The van der Waals surface area contributed by atoms with Crippen LogP contribution in [0.4, 0.5) is 0 Å². The summed E-state index contributed by atoms with van der Waals surface area (Å²) >= 11 is 1.49. The standard InChI is InChI=1S/C17H13NO5S/c1-21-17(20)13-7-6-11(23-13)10-22-16(19)9-8-15-18-12-4-2-3-5-14(12)24-15/h2-9H,10H2,1H3. The maximum absolute atomic E-state index is 11.7. The van der Waals surface area contributed by atoms with Crippen molar-refractivity contribution >= 4 is 39.6 Å². The smallest absolute Gasteiger partial charge is 0.373 e. The third-order valence-corrected chi connectivity index (χ3v) is 4.08. The average Bonchev–Trinajstić information content (AvgIpc) is 3.23. The number of benzene rings is 1. The van der Waals surface area contributed by atoms with Crippen LogP contribution in [-0.2, 0) is 20.9 Å². The quantitative estimate of drug-likeness (QED) is 0.522. The average molecular weight is 343 g/mol. The number of carbonyl (C=O) groups is 2. The number of hydrogen-bond donors (Lipinski definition) is 0. The molecule has 0 unspecified atom stereocenters. The Morgan fingerprint density at radius 3 is 2.88 bits per heavy atom. The summed E-state index contributed by atoms with van der Waals surface area (Å²) in [5, 5.41) is 0.721. The molecule has 0 fully saturated rings. The van der Waals surface area contributed by atoms with Crippen molar-refractivity contribution in [3.05, 3.63) is 59.0 Å². The number of ether oxygens (including phenoxy) is 2. The third-order valence-electron chi connectivity index (χ3n) is 3.08. The number of rotatable bonds is 5. The molecule has 0 amide bonds. The second kappa shape index (κ2) is 7.10. The highest BCUT2D eigenvalue weighted by atomic mass is 32.1. The molecule has 122 valence electrons. The Morgan fingerprint density at radius 2 is 2.08 bits per heavy atom. The molecular weight excluding hydrogens is 330 g/mol. The van der Waals surface area contributed by atoms with Gasteiger partial charge >= 0.3 is 11.9 Å². The zero-order valence-corrected chi connectivity index (χ0v) is 13.5. The topological polar surface area (TPSA) is 78.6 Å². The van der Waals surface area contributed by atoms with Crippen LogP contribution in [0.5, 0.6) is 0 Å². The highest BCUT2D eigenvalue weighted by molar-refractivity contribution is 7.19. The van der Waals surface area contributed by atoms with E-state index in [0.717, 1.165) is 15.2 Å². The van der Waals surface area contributed by atoms with Gasteiger partial charge in [0.25, 0.3) is 0 Å². The molecule has 0 N–H and O–H groups in total. The highest BCUT2D eigenvalue weighted by Gasteiger charge is 2.11. The van der Waals surface area contributed by atoms with Crippen LogP contribution in [0.2, 0.25) is 0 Å². The van der Waals surface area contributed by atoms with E-state index in [1.54, 1.807) is 12.1 Å². The first-order chi connectivity index (χ1) is 11.7. The van der Waals surface area contributed by atoms with E-state index in [1.807, 2.05) is 24.3 Å². The fraction of sp³-hybridized carbons (Fsp3) is 0.118. The second-order valence-corrected chi connectivity index (χ2v) is 5.78. The first-order valence-corrected chi connectivity index (χ1v) is 7.85. The molecule has 0 spiro atoms. The molecule has 24 heavy (non-hydrogen) atoms. The minimum Gasteiger partial charge on any atom is -0.463 e. The summed E-state index contributed by atoms with van der Waals surface area (Å²) in [4.78, 5) is 27.4. The van der Waals surface area contributed by atoms with Gasteiger partial charge in [-0.2, -0.15) is 0 Å². The van der Waals surface area contributed by atoms with Crippen LogP contribution in [0.3, 0.4) is 0 Å². The molecule has 0 saturated heterocycles. The number of furan rings is 1. The summed E-state index contributed by atoms with van der Waals surface area (Å²) in [6, 6.07) is 10.8. The summed E-state index contributed by atoms with van der Waals surface area (Å²) in [6.45, 7) is -0.0694. The Labute approximate surface area is 141 Å². The van der Waals surface area contributed by atoms with Gasteiger partial charge in [0.2, 0.25) is 5.76 Å². The molecule has 0 aliphatic carbocycles. The first kappa shape index (κ1) is 15.9. The number of para-hydroxylation sites is 1. The van der Waals surface area contributed by atoms with Crippen molar-refractivity contribution in [1.29, 1.82) is 0 Å². The van der Waals surface area contributed by atoms with E-state index in [-0.39, 0.29) is 12.4 Å². The zero-order valence-electron chi connectivity index (χ0n) is 12.7. The third kappa shape index (κ3) is 3.69. The lowest BCUT2D eigenvalue weighted by atomic mass is 10.3. The molecule has 6 nitrogen and oxygen atoms in total. The van der Waals surface area contributed by atoms with Gasteiger partial charge in [0.05, 0.1) is 17.3 Å². The van der Waals surface area contributed by atoms with E-state index < -0.39 is 11.9 Å². The molecule has 0 bridgehead atoms. The van der Waals surface area contributed by atoms with E-state index in [4.69, 9.17) is 9.15 Å². The van der Waals surface area contributed by atoms with Crippen LogP contribution in [0.25, 0.3) is 16.3 Å². The van der Waals surface area contributed by atoms with Crippen molar-refractivity contribution in [2.75, 3.05) is 7.11 Å². The Morgan fingerprint density at radius 1 is 1.25 bits per heavy atom. The summed E-state index contributed by atoms with van der Waals surface area (Å²) in [5.74, 6) is -0.681. The minimum absolute atomic E-state index is 0.0635.